The van der Waals surface area contributed by atoms with Gasteiger partial charge in [0.05, 0.1) is 7.11 Å². The molecule has 26 heavy (non-hydrogen) atoms. The van der Waals surface area contributed by atoms with Crippen LogP contribution in [0.5, 0.6) is 0 Å². The second-order valence-corrected chi connectivity index (χ2v) is 6.59. The van der Waals surface area contributed by atoms with E-state index >= 15 is 0 Å². The van der Waals surface area contributed by atoms with Crippen molar-refractivity contribution in [2.24, 2.45) is 0 Å². The van der Waals surface area contributed by atoms with Crippen LogP contribution in [0.2, 0.25) is 0 Å². The zero-order valence-electron chi connectivity index (χ0n) is 15.0. The number of carbonyl (C=O) groups excluding carboxylic acids is 1. The number of benzene rings is 2. The molecule has 1 atom stereocenters. The van der Waals surface area contributed by atoms with Gasteiger partial charge in [-0.25, -0.2) is 9.18 Å². The Morgan fingerprint density at radius 2 is 1.92 bits per heavy atom. The van der Waals surface area contributed by atoms with E-state index in [2.05, 4.69) is 21.8 Å². The molecule has 1 heterocycles. The van der Waals surface area contributed by atoms with Crippen molar-refractivity contribution in [2.45, 2.75) is 25.3 Å². The van der Waals surface area contributed by atoms with Gasteiger partial charge in [0.25, 0.3) is 0 Å². The third kappa shape index (κ3) is 4.79. The van der Waals surface area contributed by atoms with E-state index in [1.54, 1.807) is 6.08 Å². The van der Waals surface area contributed by atoms with Crippen LogP contribution >= 0.6 is 0 Å². The van der Waals surface area contributed by atoms with Gasteiger partial charge in [-0.05, 0) is 60.7 Å². The van der Waals surface area contributed by atoms with E-state index in [9.17, 15) is 9.18 Å². The molecule has 1 saturated heterocycles. The van der Waals surface area contributed by atoms with Gasteiger partial charge in [0, 0.05) is 18.7 Å². The largest absolute Gasteiger partial charge is 0.466 e. The summed E-state index contributed by atoms with van der Waals surface area (Å²) in [5, 5.41) is 0. The Kier molecular flexibility index (Phi) is 6.18. The van der Waals surface area contributed by atoms with Crippen molar-refractivity contribution in [2.75, 3.05) is 20.2 Å². The predicted octanol–water partition coefficient (Wildman–Crippen LogP) is 4.39. The van der Waals surface area contributed by atoms with Crippen LogP contribution in [-0.4, -0.2) is 31.1 Å². The standard InChI is InChI=1S/C22H24FNO2/c1-26-22(25)13-8-17-4-9-19(10-5-17)21-3-2-15-24(21)16-14-18-6-11-20(23)12-7-18/h4-13,21H,2-3,14-16H2,1H3. The average Bonchev–Trinajstić information content (AvgIpc) is 3.14. The molecule has 136 valence electrons. The normalized spacial score (nSPS) is 17.7. The molecule has 0 radical (unpaired) electrons. The third-order valence-corrected chi connectivity index (χ3v) is 4.90. The highest BCUT2D eigenvalue weighted by molar-refractivity contribution is 5.86. The fourth-order valence-corrected chi connectivity index (χ4v) is 3.46. The summed E-state index contributed by atoms with van der Waals surface area (Å²) in [5.41, 5.74) is 3.45. The zero-order chi connectivity index (χ0) is 18.4. The Morgan fingerprint density at radius 3 is 2.62 bits per heavy atom. The minimum Gasteiger partial charge on any atom is -0.466 e. The fourth-order valence-electron chi connectivity index (χ4n) is 3.46. The van der Waals surface area contributed by atoms with E-state index < -0.39 is 0 Å². The number of nitrogens with zero attached hydrogens (tertiary/aromatic N) is 1. The molecule has 1 fully saturated rings. The predicted molar refractivity (Wildman–Crippen MR) is 101 cm³/mol. The Morgan fingerprint density at radius 1 is 1.19 bits per heavy atom. The number of halogens is 1. The number of methoxy groups -OCH3 is 1. The Bertz CT molecular complexity index is 753. The van der Waals surface area contributed by atoms with Crippen molar-refractivity contribution in [1.29, 1.82) is 0 Å². The number of carbonyl (C=O) groups is 1. The number of rotatable bonds is 6. The van der Waals surface area contributed by atoms with Crippen LogP contribution in [0, 0.1) is 5.82 Å². The van der Waals surface area contributed by atoms with Crippen LogP contribution in [0.1, 0.15) is 35.6 Å². The second-order valence-electron chi connectivity index (χ2n) is 6.59. The van der Waals surface area contributed by atoms with Gasteiger partial charge in [0.1, 0.15) is 5.82 Å². The van der Waals surface area contributed by atoms with E-state index in [1.807, 2.05) is 24.3 Å². The molecule has 4 heteroatoms. The SMILES string of the molecule is COC(=O)C=Cc1ccc(C2CCCN2CCc2ccc(F)cc2)cc1. The summed E-state index contributed by atoms with van der Waals surface area (Å²) >= 11 is 0. The van der Waals surface area contributed by atoms with Gasteiger partial charge < -0.3 is 4.74 Å². The van der Waals surface area contributed by atoms with Gasteiger partial charge in [0.15, 0.2) is 0 Å². The molecule has 0 aromatic heterocycles. The van der Waals surface area contributed by atoms with Crippen LogP contribution < -0.4 is 0 Å². The lowest BCUT2D eigenvalue weighted by Gasteiger charge is -2.25. The van der Waals surface area contributed by atoms with E-state index in [-0.39, 0.29) is 11.8 Å². The highest BCUT2D eigenvalue weighted by Gasteiger charge is 2.25. The molecule has 2 aromatic carbocycles. The minimum absolute atomic E-state index is 0.186. The molecular weight excluding hydrogens is 329 g/mol. The smallest absolute Gasteiger partial charge is 0.330 e. The van der Waals surface area contributed by atoms with Gasteiger partial charge in [0.2, 0.25) is 0 Å². The highest BCUT2D eigenvalue weighted by Crippen LogP contribution is 2.32. The van der Waals surface area contributed by atoms with Crippen LogP contribution in [0.25, 0.3) is 6.08 Å². The van der Waals surface area contributed by atoms with Gasteiger partial charge in [-0.15, -0.1) is 0 Å². The molecule has 0 amide bonds. The van der Waals surface area contributed by atoms with E-state index in [0.29, 0.717) is 6.04 Å². The molecule has 0 saturated carbocycles. The molecular formula is C22H24FNO2. The molecule has 2 aromatic rings. The number of ether oxygens (including phenoxy) is 1. The second kappa shape index (κ2) is 8.77. The van der Waals surface area contributed by atoms with Crippen molar-refractivity contribution < 1.29 is 13.9 Å². The summed E-state index contributed by atoms with van der Waals surface area (Å²) < 4.78 is 17.6. The first-order valence-corrected chi connectivity index (χ1v) is 9.00. The molecule has 1 aliphatic rings. The summed E-state index contributed by atoms with van der Waals surface area (Å²) in [6.07, 6.45) is 6.46. The third-order valence-electron chi connectivity index (χ3n) is 4.90. The van der Waals surface area contributed by atoms with Crippen molar-refractivity contribution >= 4 is 12.0 Å². The molecule has 0 N–H and O–H groups in total. The fraction of sp³-hybridized carbons (Fsp3) is 0.318. The quantitative estimate of drug-likeness (QED) is 0.570. The van der Waals surface area contributed by atoms with Crippen LogP contribution in [0.4, 0.5) is 4.39 Å². The lowest BCUT2D eigenvalue weighted by Crippen LogP contribution is -2.25. The van der Waals surface area contributed by atoms with Crippen molar-refractivity contribution in [1.82, 2.24) is 4.90 Å². The summed E-state index contributed by atoms with van der Waals surface area (Å²) in [4.78, 5) is 13.7. The monoisotopic (exact) mass is 353 g/mol. The maximum atomic E-state index is 13.0. The minimum atomic E-state index is -0.350. The summed E-state index contributed by atoms with van der Waals surface area (Å²) in [5.74, 6) is -0.536. The molecule has 3 rings (SSSR count). The van der Waals surface area contributed by atoms with Gasteiger partial charge in [-0.3, -0.25) is 4.90 Å². The topological polar surface area (TPSA) is 29.5 Å². The summed E-state index contributed by atoms with van der Waals surface area (Å²) in [6, 6.07) is 15.5. The van der Waals surface area contributed by atoms with Gasteiger partial charge >= 0.3 is 5.97 Å². The average molecular weight is 353 g/mol. The highest BCUT2D eigenvalue weighted by atomic mass is 19.1. The molecule has 1 unspecified atom stereocenters. The number of hydrogen-bond donors (Lipinski definition) is 0. The van der Waals surface area contributed by atoms with Crippen molar-refractivity contribution in [3.8, 4) is 0 Å². The Balaban J connectivity index is 1.61. The van der Waals surface area contributed by atoms with Crippen molar-refractivity contribution in [3.63, 3.8) is 0 Å². The molecule has 0 bridgehead atoms. The Labute approximate surface area is 154 Å². The first kappa shape index (κ1) is 18.3. The van der Waals surface area contributed by atoms with E-state index in [4.69, 9.17) is 0 Å². The first-order valence-electron chi connectivity index (χ1n) is 9.00. The van der Waals surface area contributed by atoms with Crippen LogP contribution in [0.3, 0.4) is 0 Å². The van der Waals surface area contributed by atoms with Gasteiger partial charge in [-0.1, -0.05) is 36.4 Å². The van der Waals surface area contributed by atoms with Crippen molar-refractivity contribution in [3.05, 3.63) is 77.1 Å². The molecule has 3 nitrogen and oxygen atoms in total. The molecule has 1 aliphatic heterocycles. The Hall–Kier alpha value is -2.46. The lowest BCUT2D eigenvalue weighted by molar-refractivity contribution is -0.134. The van der Waals surface area contributed by atoms with E-state index in [0.717, 1.165) is 31.5 Å². The van der Waals surface area contributed by atoms with Crippen LogP contribution in [-0.2, 0) is 16.0 Å². The number of likely N-dealkylation sites (tertiary alicyclic amines) is 1. The zero-order valence-corrected chi connectivity index (χ0v) is 15.0. The van der Waals surface area contributed by atoms with Gasteiger partial charge in [-0.2, -0.15) is 0 Å². The maximum Gasteiger partial charge on any atom is 0.330 e. The number of hydrogen-bond acceptors (Lipinski definition) is 3. The molecule has 0 spiro atoms. The number of esters is 1. The van der Waals surface area contributed by atoms with Crippen LogP contribution in [0.15, 0.2) is 54.6 Å². The summed E-state index contributed by atoms with van der Waals surface area (Å²) in [6.45, 7) is 2.07. The van der Waals surface area contributed by atoms with E-state index in [1.165, 1.54) is 42.9 Å². The summed E-state index contributed by atoms with van der Waals surface area (Å²) in [7, 11) is 1.37. The molecule has 0 aliphatic carbocycles. The lowest BCUT2D eigenvalue weighted by atomic mass is 10.0. The first-order chi connectivity index (χ1) is 12.7. The maximum absolute atomic E-state index is 13.0.